The summed E-state index contributed by atoms with van der Waals surface area (Å²) in [6.07, 6.45) is 1.17. The summed E-state index contributed by atoms with van der Waals surface area (Å²) >= 11 is 0. The molecule has 9 heteroatoms. The van der Waals surface area contributed by atoms with Crippen LogP contribution in [-0.2, 0) is 15.0 Å². The third-order valence-corrected chi connectivity index (χ3v) is 3.98. The van der Waals surface area contributed by atoms with Gasteiger partial charge in [0.15, 0.2) is 0 Å². The largest absolute Gasteiger partial charge is 0.466 e. The van der Waals surface area contributed by atoms with Crippen molar-refractivity contribution in [2.45, 2.75) is 12.6 Å². The van der Waals surface area contributed by atoms with Crippen molar-refractivity contribution in [3.05, 3.63) is 75.8 Å². The topological polar surface area (TPSA) is 86.5 Å². The lowest BCUT2D eigenvalue weighted by Gasteiger charge is -2.06. The van der Waals surface area contributed by atoms with E-state index in [-0.39, 0.29) is 17.0 Å². The Kier molecular flexibility index (Phi) is 5.90. The first kappa shape index (κ1) is 19.3. The van der Waals surface area contributed by atoms with Gasteiger partial charge in [-0.05, 0) is 42.3 Å². The molecule has 0 aromatic heterocycles. The van der Waals surface area contributed by atoms with Crippen molar-refractivity contribution in [2.24, 2.45) is 0 Å². The Morgan fingerprint density at radius 3 is 2.23 bits per heavy atom. The Morgan fingerprint density at radius 1 is 1.15 bits per heavy atom. The van der Waals surface area contributed by atoms with Crippen LogP contribution in [0.15, 0.2) is 54.6 Å². The maximum Gasteiger partial charge on any atom is 0.466 e. The van der Waals surface area contributed by atoms with E-state index < -0.39 is 25.0 Å². The molecule has 1 atom stereocenters. The van der Waals surface area contributed by atoms with Gasteiger partial charge in [0.05, 0.1) is 10.5 Å². The van der Waals surface area contributed by atoms with Crippen LogP contribution in [0.1, 0.15) is 18.1 Å². The van der Waals surface area contributed by atoms with Gasteiger partial charge in [0.1, 0.15) is 5.75 Å². The zero-order valence-corrected chi connectivity index (χ0v) is 14.4. The zero-order valence-electron chi connectivity index (χ0n) is 13.4. The molecule has 0 aliphatic carbocycles. The van der Waals surface area contributed by atoms with Crippen LogP contribution in [0, 0.1) is 10.1 Å². The number of alkyl halides is 2. The van der Waals surface area contributed by atoms with E-state index in [1.54, 1.807) is 6.92 Å². The highest BCUT2D eigenvalue weighted by atomic mass is 31.1. The molecule has 0 saturated carbocycles. The molecule has 1 unspecified atom stereocenters. The normalized spacial score (nSPS) is 12.0. The number of nitrogens with zero attached hydrogens (tertiary/aromatic N) is 1. The smallest absolute Gasteiger partial charge is 0.423 e. The third-order valence-electron chi connectivity index (χ3n) is 3.43. The molecule has 134 valence electrons. The average Bonchev–Trinajstić information content (AvgIpc) is 2.62. The van der Waals surface area contributed by atoms with E-state index in [2.05, 4.69) is 0 Å². The lowest BCUT2D eigenvalue weighted by atomic mass is 10.1. The zero-order chi connectivity index (χ0) is 19.3. The van der Waals surface area contributed by atoms with Crippen molar-refractivity contribution in [2.75, 3.05) is 0 Å². The number of carbonyl (C=O) groups is 1. The first-order valence-electron chi connectivity index (χ1n) is 7.25. The van der Waals surface area contributed by atoms with Crippen LogP contribution in [0.25, 0.3) is 5.57 Å². The Morgan fingerprint density at radius 2 is 1.73 bits per heavy atom. The van der Waals surface area contributed by atoms with Gasteiger partial charge in [-0.25, -0.2) is 4.79 Å². The molecular weight excluding hydrogens is 367 g/mol. The van der Waals surface area contributed by atoms with Gasteiger partial charge in [-0.15, -0.1) is 0 Å². The SMILES string of the molecule is CC(=CC(=O)Oc1ccc([N+](=O)[O-])cc1)c1ccc(C(F)(F)[PH+]=O)cc1. The molecule has 2 aromatic carbocycles. The summed E-state index contributed by atoms with van der Waals surface area (Å²) in [5, 5.41) is 10.6. The predicted molar refractivity (Wildman–Crippen MR) is 91.7 cm³/mol. The lowest BCUT2D eigenvalue weighted by Crippen LogP contribution is -2.05. The van der Waals surface area contributed by atoms with Gasteiger partial charge in [-0.1, -0.05) is 16.7 Å². The Bertz CT molecular complexity index is 864. The van der Waals surface area contributed by atoms with Gasteiger partial charge >= 0.3 is 20.1 Å². The van der Waals surface area contributed by atoms with Gasteiger partial charge in [0.2, 0.25) is 0 Å². The van der Waals surface area contributed by atoms with Crippen molar-refractivity contribution in [3.63, 3.8) is 0 Å². The number of rotatable bonds is 6. The highest BCUT2D eigenvalue weighted by molar-refractivity contribution is 7.24. The number of nitro benzene ring substituents is 1. The van der Waals surface area contributed by atoms with Crippen LogP contribution in [0.4, 0.5) is 14.5 Å². The van der Waals surface area contributed by atoms with E-state index >= 15 is 0 Å². The van der Waals surface area contributed by atoms with Crippen molar-refractivity contribution in [3.8, 4) is 5.75 Å². The van der Waals surface area contributed by atoms with Gasteiger partial charge in [0.25, 0.3) is 5.69 Å². The van der Waals surface area contributed by atoms with E-state index in [4.69, 9.17) is 4.74 Å². The first-order valence-corrected chi connectivity index (χ1v) is 8.16. The van der Waals surface area contributed by atoms with Crippen molar-refractivity contribution in [1.82, 2.24) is 0 Å². The molecule has 2 rings (SSSR count). The monoisotopic (exact) mass is 380 g/mol. The number of non-ortho nitro benzene ring substituents is 1. The molecule has 0 N–H and O–H groups in total. The molecule has 0 aliphatic heterocycles. The summed E-state index contributed by atoms with van der Waals surface area (Å²) in [5.74, 6) is -0.581. The minimum Gasteiger partial charge on any atom is -0.423 e. The molecule has 0 fully saturated rings. The minimum atomic E-state index is -3.41. The number of hydrogen-bond acceptors (Lipinski definition) is 5. The van der Waals surface area contributed by atoms with Gasteiger partial charge in [-0.3, -0.25) is 10.1 Å². The van der Waals surface area contributed by atoms with Crippen LogP contribution >= 0.6 is 8.46 Å². The number of nitro groups is 1. The van der Waals surface area contributed by atoms with E-state index in [0.717, 1.165) is 12.1 Å². The summed E-state index contributed by atoms with van der Waals surface area (Å²) in [7, 11) is -1.78. The third kappa shape index (κ3) is 4.77. The fraction of sp³-hybridized carbons (Fsp3) is 0.118. The number of halogens is 2. The van der Waals surface area contributed by atoms with Crippen molar-refractivity contribution in [1.29, 1.82) is 0 Å². The van der Waals surface area contributed by atoms with Gasteiger partial charge in [0, 0.05) is 18.2 Å². The lowest BCUT2D eigenvalue weighted by molar-refractivity contribution is -0.384. The number of hydrogen-bond donors (Lipinski definition) is 0. The van der Waals surface area contributed by atoms with Crippen LogP contribution < -0.4 is 4.74 Å². The van der Waals surface area contributed by atoms with E-state index in [1.165, 1.54) is 42.5 Å². The Labute approximate surface area is 148 Å². The second-order valence-corrected chi connectivity index (χ2v) is 6.09. The molecular formula is C17H13F2NO5P+. The molecule has 26 heavy (non-hydrogen) atoms. The molecule has 0 spiro atoms. The number of carbonyl (C=O) groups excluding carboxylic acids is 1. The Hall–Kier alpha value is -2.99. The van der Waals surface area contributed by atoms with E-state index in [9.17, 15) is 28.3 Å². The first-order chi connectivity index (χ1) is 12.2. The van der Waals surface area contributed by atoms with Crippen LogP contribution in [-0.4, -0.2) is 10.9 Å². The molecule has 0 saturated heterocycles. The second kappa shape index (κ2) is 7.93. The van der Waals surface area contributed by atoms with Crippen LogP contribution in [0.3, 0.4) is 0 Å². The molecule has 2 aromatic rings. The maximum absolute atomic E-state index is 13.3. The molecule has 0 bridgehead atoms. The maximum atomic E-state index is 13.3. The summed E-state index contributed by atoms with van der Waals surface area (Å²) in [5.41, 5.74) is -2.94. The fourth-order valence-corrected chi connectivity index (χ4v) is 2.33. The second-order valence-electron chi connectivity index (χ2n) is 5.25. The summed E-state index contributed by atoms with van der Waals surface area (Å²) < 4.78 is 42.2. The van der Waals surface area contributed by atoms with E-state index in [1.807, 2.05) is 0 Å². The van der Waals surface area contributed by atoms with Gasteiger partial charge in [-0.2, -0.15) is 8.78 Å². The van der Waals surface area contributed by atoms with Crippen molar-refractivity contribution < 1.29 is 27.8 Å². The molecule has 0 heterocycles. The standard InChI is InChI=1S/C17H12F2NO5P/c1-11(12-2-4-13(5-3-12)17(18,19)26-24)10-16(21)25-15-8-6-14(7-9-15)20(22)23/h2-10H,1H3/p+1. The number of esters is 1. The van der Waals surface area contributed by atoms with Crippen molar-refractivity contribution >= 4 is 25.7 Å². The highest BCUT2D eigenvalue weighted by Gasteiger charge is 2.41. The van der Waals surface area contributed by atoms with E-state index in [0.29, 0.717) is 11.1 Å². The quantitative estimate of drug-likeness (QED) is 0.181. The Balaban J connectivity index is 2.09. The minimum absolute atomic E-state index is 0.132. The molecule has 0 amide bonds. The van der Waals surface area contributed by atoms with Crippen LogP contribution in [0.5, 0.6) is 5.75 Å². The molecule has 0 aliphatic rings. The highest BCUT2D eigenvalue weighted by Crippen LogP contribution is 2.38. The van der Waals surface area contributed by atoms with Gasteiger partial charge < -0.3 is 4.74 Å². The summed E-state index contributed by atoms with van der Waals surface area (Å²) in [6.45, 7) is 1.60. The van der Waals surface area contributed by atoms with Crippen LogP contribution in [0.2, 0.25) is 0 Å². The average molecular weight is 380 g/mol. The molecule has 0 radical (unpaired) electrons. The summed E-state index contributed by atoms with van der Waals surface area (Å²) in [4.78, 5) is 21.9. The predicted octanol–water partition coefficient (Wildman–Crippen LogP) is 4.68. The number of allylic oxidation sites excluding steroid dienone is 1. The fourth-order valence-electron chi connectivity index (χ4n) is 2.04. The number of ether oxygens (including phenoxy) is 1. The summed E-state index contributed by atoms with van der Waals surface area (Å²) in [6, 6.07) is 10.0. The number of benzene rings is 2. The molecule has 6 nitrogen and oxygen atoms in total.